The van der Waals surface area contributed by atoms with Crippen LogP contribution >= 0.6 is 11.3 Å². The molecule has 0 saturated heterocycles. The Bertz CT molecular complexity index is 922. The predicted molar refractivity (Wildman–Crippen MR) is 103 cm³/mol. The average molecular weight is 370 g/mol. The van der Waals surface area contributed by atoms with Gasteiger partial charge in [0.2, 0.25) is 5.78 Å². The summed E-state index contributed by atoms with van der Waals surface area (Å²) in [7, 11) is 1.91. The highest BCUT2D eigenvalue weighted by molar-refractivity contribution is 7.18. The van der Waals surface area contributed by atoms with Crippen LogP contribution in [0, 0.1) is 13.8 Å². The number of aryl methyl sites for hydroxylation is 2. The van der Waals surface area contributed by atoms with Crippen molar-refractivity contribution < 1.29 is 14.3 Å². The van der Waals surface area contributed by atoms with Crippen molar-refractivity contribution in [3.63, 3.8) is 0 Å². The van der Waals surface area contributed by atoms with Crippen LogP contribution in [0.2, 0.25) is 0 Å². The number of hydrogen-bond acceptors (Lipinski definition) is 5. The molecule has 3 rings (SSSR count). The Hall–Kier alpha value is -2.47. The Morgan fingerprint density at radius 1 is 1.23 bits per heavy atom. The summed E-state index contributed by atoms with van der Waals surface area (Å²) in [6, 6.07) is 9.83. The fraction of sp³-hybridized carbons (Fsp3) is 0.350. The van der Waals surface area contributed by atoms with Crippen molar-refractivity contribution in [1.29, 1.82) is 0 Å². The van der Waals surface area contributed by atoms with Crippen molar-refractivity contribution in [3.8, 4) is 0 Å². The minimum atomic E-state index is -0.343. The van der Waals surface area contributed by atoms with Gasteiger partial charge in [0.25, 0.3) is 0 Å². The second kappa shape index (κ2) is 7.83. The van der Waals surface area contributed by atoms with Gasteiger partial charge < -0.3 is 9.30 Å². The largest absolute Gasteiger partial charge is 0.457 e. The number of aromatic nitrogens is 2. The van der Waals surface area contributed by atoms with Gasteiger partial charge in [-0.15, -0.1) is 11.3 Å². The third-order valence-corrected chi connectivity index (χ3v) is 5.65. The Balaban J connectivity index is 1.45. The van der Waals surface area contributed by atoms with Crippen molar-refractivity contribution in [2.24, 2.45) is 7.05 Å². The fourth-order valence-electron chi connectivity index (χ4n) is 2.84. The highest BCUT2D eigenvalue weighted by Gasteiger charge is 2.16. The van der Waals surface area contributed by atoms with Gasteiger partial charge in [0.1, 0.15) is 0 Å². The van der Waals surface area contributed by atoms with E-state index in [0.29, 0.717) is 12.0 Å². The number of carbonyl (C=O) groups excluding carboxylic acids is 2. The number of esters is 1. The first kappa shape index (κ1) is 18.3. The number of ether oxygens (including phenoxy) is 1. The average Bonchev–Trinajstić information content (AvgIpc) is 3.15. The second-order valence-electron chi connectivity index (χ2n) is 6.36. The number of thiazole rings is 1. The van der Waals surface area contributed by atoms with Crippen molar-refractivity contribution >= 4 is 33.3 Å². The summed E-state index contributed by atoms with van der Waals surface area (Å²) in [5.41, 5.74) is 3.51. The summed E-state index contributed by atoms with van der Waals surface area (Å²) in [5.74, 6) is -0.504. The monoisotopic (exact) mass is 370 g/mol. The molecule has 0 aliphatic rings. The van der Waals surface area contributed by atoms with Crippen molar-refractivity contribution in [2.45, 2.75) is 33.1 Å². The van der Waals surface area contributed by atoms with E-state index in [4.69, 9.17) is 4.74 Å². The van der Waals surface area contributed by atoms with Crippen LogP contribution < -0.4 is 0 Å². The van der Waals surface area contributed by atoms with Gasteiger partial charge in [-0.1, -0.05) is 12.1 Å². The quantitative estimate of drug-likeness (QED) is 0.466. The van der Waals surface area contributed by atoms with Crippen LogP contribution in [0.3, 0.4) is 0 Å². The fourth-order valence-corrected chi connectivity index (χ4v) is 3.85. The van der Waals surface area contributed by atoms with E-state index in [9.17, 15) is 9.59 Å². The van der Waals surface area contributed by atoms with E-state index in [1.807, 2.05) is 55.8 Å². The lowest BCUT2D eigenvalue weighted by Gasteiger charge is -2.04. The summed E-state index contributed by atoms with van der Waals surface area (Å²) in [6.07, 6.45) is 1.69. The number of benzene rings is 1. The molecular weight excluding hydrogens is 348 g/mol. The molecule has 0 aliphatic heterocycles. The van der Waals surface area contributed by atoms with Gasteiger partial charge in [0, 0.05) is 30.4 Å². The van der Waals surface area contributed by atoms with Gasteiger partial charge in [-0.3, -0.25) is 9.59 Å². The maximum Gasteiger partial charge on any atom is 0.306 e. The van der Waals surface area contributed by atoms with E-state index in [1.54, 1.807) is 11.3 Å². The highest BCUT2D eigenvalue weighted by Crippen LogP contribution is 2.22. The number of carbonyl (C=O) groups is 2. The molecule has 0 amide bonds. The Morgan fingerprint density at radius 3 is 2.69 bits per heavy atom. The number of nitrogens with zero attached hydrogens (tertiary/aromatic N) is 2. The number of Topliss-reactive ketones (excluding diaryl/α,β-unsaturated/α-hetero) is 1. The summed E-state index contributed by atoms with van der Waals surface area (Å²) >= 11 is 1.65. The molecule has 0 fully saturated rings. The summed E-state index contributed by atoms with van der Waals surface area (Å²) < 4.78 is 8.25. The van der Waals surface area contributed by atoms with Gasteiger partial charge in [0.15, 0.2) is 6.61 Å². The molecule has 0 radical (unpaired) electrons. The third-order valence-electron chi connectivity index (χ3n) is 4.55. The number of para-hydroxylation sites is 1. The maximum atomic E-state index is 12.2. The molecule has 2 aromatic heterocycles. The normalized spacial score (nSPS) is 11.0. The molecule has 0 N–H and O–H groups in total. The third kappa shape index (κ3) is 4.02. The van der Waals surface area contributed by atoms with Gasteiger partial charge in [-0.2, -0.15) is 0 Å². The zero-order valence-corrected chi connectivity index (χ0v) is 16.1. The molecule has 3 aromatic rings. The molecule has 26 heavy (non-hydrogen) atoms. The van der Waals surface area contributed by atoms with Gasteiger partial charge in [0.05, 0.1) is 15.2 Å². The van der Waals surface area contributed by atoms with Crippen molar-refractivity contribution in [1.82, 2.24) is 9.55 Å². The standard InChI is InChI=1S/C20H22N2O3S/c1-13-11-15(14(2)22(13)3)17(23)12-25-20(24)10-6-9-19-21-16-7-4-5-8-18(16)26-19/h4-5,7-8,11H,6,9-10,12H2,1-3H3. The van der Waals surface area contributed by atoms with E-state index < -0.39 is 0 Å². The van der Waals surface area contributed by atoms with Gasteiger partial charge in [-0.05, 0) is 44.9 Å². The smallest absolute Gasteiger partial charge is 0.306 e. The summed E-state index contributed by atoms with van der Waals surface area (Å²) in [4.78, 5) is 28.7. The summed E-state index contributed by atoms with van der Waals surface area (Å²) in [6.45, 7) is 3.63. The molecule has 0 unspecified atom stereocenters. The van der Waals surface area contributed by atoms with Gasteiger partial charge >= 0.3 is 5.97 Å². The van der Waals surface area contributed by atoms with Crippen LogP contribution in [0.5, 0.6) is 0 Å². The van der Waals surface area contributed by atoms with Gasteiger partial charge in [-0.25, -0.2) is 4.98 Å². The lowest BCUT2D eigenvalue weighted by atomic mass is 10.1. The number of rotatable bonds is 7. The number of ketones is 1. The van der Waals surface area contributed by atoms with Crippen LogP contribution in [0.4, 0.5) is 0 Å². The molecule has 1 aromatic carbocycles. The highest BCUT2D eigenvalue weighted by atomic mass is 32.1. The van der Waals surface area contributed by atoms with Crippen LogP contribution in [0.15, 0.2) is 30.3 Å². The minimum Gasteiger partial charge on any atom is -0.457 e. The molecule has 0 spiro atoms. The molecule has 0 saturated carbocycles. The maximum absolute atomic E-state index is 12.2. The van der Waals surface area contributed by atoms with Crippen molar-refractivity contribution in [2.75, 3.05) is 6.61 Å². The Morgan fingerprint density at radius 2 is 2.00 bits per heavy atom. The number of hydrogen-bond donors (Lipinski definition) is 0. The molecule has 2 heterocycles. The summed E-state index contributed by atoms with van der Waals surface area (Å²) in [5, 5.41) is 1.02. The lowest BCUT2D eigenvalue weighted by molar-refractivity contribution is -0.142. The van der Waals surface area contributed by atoms with Crippen LogP contribution in [-0.4, -0.2) is 27.9 Å². The zero-order valence-electron chi connectivity index (χ0n) is 15.2. The van der Waals surface area contributed by atoms with Crippen LogP contribution in [0.1, 0.15) is 39.6 Å². The first-order chi connectivity index (χ1) is 12.5. The molecule has 0 atom stereocenters. The first-order valence-corrected chi connectivity index (χ1v) is 9.43. The Kier molecular flexibility index (Phi) is 5.52. The topological polar surface area (TPSA) is 61.2 Å². The molecule has 136 valence electrons. The Labute approximate surface area is 156 Å². The van der Waals surface area contributed by atoms with E-state index in [0.717, 1.165) is 33.0 Å². The molecular formula is C20H22N2O3S. The van der Waals surface area contributed by atoms with Crippen LogP contribution in [-0.2, 0) is 23.0 Å². The molecule has 6 heteroatoms. The molecule has 0 bridgehead atoms. The number of fused-ring (bicyclic) bond motifs is 1. The second-order valence-corrected chi connectivity index (χ2v) is 7.47. The van der Waals surface area contributed by atoms with E-state index in [2.05, 4.69) is 4.98 Å². The van der Waals surface area contributed by atoms with Crippen LogP contribution in [0.25, 0.3) is 10.2 Å². The zero-order chi connectivity index (χ0) is 18.7. The lowest BCUT2D eigenvalue weighted by Crippen LogP contribution is -2.14. The van der Waals surface area contributed by atoms with E-state index in [1.165, 1.54) is 0 Å². The van der Waals surface area contributed by atoms with E-state index in [-0.39, 0.29) is 24.8 Å². The van der Waals surface area contributed by atoms with Crippen molar-refractivity contribution in [3.05, 3.63) is 52.3 Å². The minimum absolute atomic E-state index is 0.161. The molecule has 0 aliphatic carbocycles. The SMILES string of the molecule is Cc1cc(C(=O)COC(=O)CCCc2nc3ccccc3s2)c(C)n1C. The first-order valence-electron chi connectivity index (χ1n) is 8.62. The predicted octanol–water partition coefficient (Wildman–Crippen LogP) is 4.00. The molecule has 5 nitrogen and oxygen atoms in total. The van der Waals surface area contributed by atoms with E-state index >= 15 is 0 Å².